The summed E-state index contributed by atoms with van der Waals surface area (Å²) in [6.07, 6.45) is 1.26. The molecule has 1 aliphatic carbocycles. The summed E-state index contributed by atoms with van der Waals surface area (Å²) in [6, 6.07) is 0. The largest absolute Gasteiger partial charge is 0.435 e. The molecule has 0 bridgehead atoms. The monoisotopic (exact) mass is 184 g/mol. The highest BCUT2D eigenvalue weighted by Crippen LogP contribution is 2.45. The van der Waals surface area contributed by atoms with Crippen LogP contribution in [0.5, 0.6) is 0 Å². The first-order valence-corrected chi connectivity index (χ1v) is 5.00. The van der Waals surface area contributed by atoms with E-state index >= 15 is 0 Å². The van der Waals surface area contributed by atoms with Gasteiger partial charge < -0.3 is 9.84 Å². The Kier molecular flexibility index (Phi) is 2.06. The lowest BCUT2D eigenvalue weighted by atomic mass is 9.80. The van der Waals surface area contributed by atoms with Crippen molar-refractivity contribution in [2.75, 3.05) is 0 Å². The van der Waals surface area contributed by atoms with Crippen LogP contribution in [0.2, 0.25) is 0 Å². The fourth-order valence-corrected chi connectivity index (χ4v) is 2.75. The van der Waals surface area contributed by atoms with Gasteiger partial charge in [-0.2, -0.15) is 0 Å². The van der Waals surface area contributed by atoms with Gasteiger partial charge in [0, 0.05) is 5.92 Å². The van der Waals surface area contributed by atoms with E-state index in [2.05, 4.69) is 6.92 Å². The fourth-order valence-electron chi connectivity index (χ4n) is 2.75. The molecule has 0 aromatic heterocycles. The highest BCUT2D eigenvalue weighted by Gasteiger charge is 2.48. The third-order valence-corrected chi connectivity index (χ3v) is 3.66. The maximum Gasteiger partial charge on any atom is 0.311 e. The molecule has 0 unspecified atom stereocenters. The van der Waals surface area contributed by atoms with Gasteiger partial charge in [0.1, 0.15) is 0 Å². The third-order valence-electron chi connectivity index (χ3n) is 3.66. The summed E-state index contributed by atoms with van der Waals surface area (Å²) in [5.41, 5.74) is 0. The van der Waals surface area contributed by atoms with Crippen molar-refractivity contribution in [3.8, 4) is 0 Å². The van der Waals surface area contributed by atoms with E-state index in [-0.39, 0.29) is 17.8 Å². The summed E-state index contributed by atoms with van der Waals surface area (Å²) < 4.78 is 4.90. The van der Waals surface area contributed by atoms with Crippen LogP contribution in [0.4, 0.5) is 0 Å². The first kappa shape index (κ1) is 9.00. The van der Waals surface area contributed by atoms with Crippen molar-refractivity contribution in [2.24, 2.45) is 23.7 Å². The van der Waals surface area contributed by atoms with Crippen LogP contribution in [0.15, 0.2) is 0 Å². The van der Waals surface area contributed by atoms with Gasteiger partial charge in [0.2, 0.25) is 6.29 Å². The summed E-state index contributed by atoms with van der Waals surface area (Å²) in [5.74, 6) is 0.713. The second-order valence-corrected chi connectivity index (χ2v) is 4.43. The maximum absolute atomic E-state index is 11.5. The molecule has 1 saturated carbocycles. The molecule has 2 aliphatic rings. The normalized spacial score (nSPS) is 50.1. The lowest BCUT2D eigenvalue weighted by molar-refractivity contribution is -0.204. The minimum Gasteiger partial charge on any atom is -0.435 e. The number of hydrogen-bond acceptors (Lipinski definition) is 3. The fraction of sp³-hybridized carbons (Fsp3) is 0.900. The Hall–Kier alpha value is -0.570. The molecule has 0 aromatic carbocycles. The van der Waals surface area contributed by atoms with Crippen LogP contribution >= 0.6 is 0 Å². The molecule has 5 atom stereocenters. The first-order chi connectivity index (χ1) is 6.11. The summed E-state index contributed by atoms with van der Waals surface area (Å²) in [6.45, 7) is 4.06. The van der Waals surface area contributed by atoms with Crippen LogP contribution in [-0.2, 0) is 9.53 Å². The van der Waals surface area contributed by atoms with E-state index < -0.39 is 6.29 Å². The van der Waals surface area contributed by atoms with E-state index in [1.54, 1.807) is 0 Å². The Balaban J connectivity index is 2.21. The van der Waals surface area contributed by atoms with Gasteiger partial charge in [0.05, 0.1) is 5.92 Å². The standard InChI is InChI=1S/C10H16O3/c1-5-3-4-7-6(2)9(11)13-10(12)8(5)7/h5-9,11H,3-4H2,1-2H3/t5-,6+,7+,8+,9-/m0/s1. The van der Waals surface area contributed by atoms with Crippen molar-refractivity contribution in [1.29, 1.82) is 0 Å². The smallest absolute Gasteiger partial charge is 0.311 e. The Morgan fingerprint density at radius 2 is 2.08 bits per heavy atom. The van der Waals surface area contributed by atoms with Crippen molar-refractivity contribution in [3.05, 3.63) is 0 Å². The minimum atomic E-state index is -0.876. The van der Waals surface area contributed by atoms with Crippen LogP contribution in [0.3, 0.4) is 0 Å². The lowest BCUT2D eigenvalue weighted by Crippen LogP contribution is -2.43. The van der Waals surface area contributed by atoms with Crippen LogP contribution in [0.25, 0.3) is 0 Å². The molecule has 1 saturated heterocycles. The molecule has 3 nitrogen and oxygen atoms in total. The second kappa shape index (κ2) is 2.98. The van der Waals surface area contributed by atoms with Gasteiger partial charge in [0.25, 0.3) is 0 Å². The molecule has 13 heavy (non-hydrogen) atoms. The molecule has 1 heterocycles. The molecule has 3 heteroatoms. The summed E-state index contributed by atoms with van der Waals surface area (Å²) in [5, 5.41) is 9.44. The lowest BCUT2D eigenvalue weighted by Gasteiger charge is -2.35. The number of carbonyl (C=O) groups excluding carboxylic acids is 1. The predicted molar refractivity (Wildman–Crippen MR) is 46.6 cm³/mol. The third kappa shape index (κ3) is 1.26. The molecule has 2 rings (SSSR count). The topological polar surface area (TPSA) is 46.5 Å². The molecule has 0 spiro atoms. The van der Waals surface area contributed by atoms with Crippen molar-refractivity contribution < 1.29 is 14.6 Å². The van der Waals surface area contributed by atoms with Gasteiger partial charge in [-0.1, -0.05) is 13.8 Å². The van der Waals surface area contributed by atoms with Gasteiger partial charge in [-0.3, -0.25) is 4.79 Å². The number of rotatable bonds is 0. The van der Waals surface area contributed by atoms with Crippen LogP contribution < -0.4 is 0 Å². The quantitative estimate of drug-likeness (QED) is 0.575. The van der Waals surface area contributed by atoms with E-state index in [9.17, 15) is 9.90 Å². The van der Waals surface area contributed by atoms with E-state index in [1.807, 2.05) is 6.92 Å². The van der Waals surface area contributed by atoms with Gasteiger partial charge in [-0.25, -0.2) is 0 Å². The Bertz CT molecular complexity index is 226. The first-order valence-electron chi connectivity index (χ1n) is 5.00. The number of aliphatic hydroxyl groups is 1. The SMILES string of the molecule is C[C@@H]1[C@H]2CC[C@H](C)[C@H]2C(=O)O[C@@H]1O. The number of cyclic esters (lactones) is 1. The van der Waals surface area contributed by atoms with E-state index in [4.69, 9.17) is 4.74 Å². The molecule has 1 N–H and O–H groups in total. The molecule has 0 radical (unpaired) electrons. The van der Waals surface area contributed by atoms with Crippen LogP contribution in [0, 0.1) is 23.7 Å². The second-order valence-electron chi connectivity index (χ2n) is 4.43. The molecule has 74 valence electrons. The van der Waals surface area contributed by atoms with E-state index in [1.165, 1.54) is 0 Å². The summed E-state index contributed by atoms with van der Waals surface area (Å²) >= 11 is 0. The zero-order valence-corrected chi connectivity index (χ0v) is 8.06. The molecule has 1 aliphatic heterocycles. The van der Waals surface area contributed by atoms with Gasteiger partial charge in [-0.05, 0) is 24.7 Å². The molecule has 2 fully saturated rings. The average Bonchev–Trinajstić information content (AvgIpc) is 2.44. The van der Waals surface area contributed by atoms with Gasteiger partial charge >= 0.3 is 5.97 Å². The number of esters is 1. The van der Waals surface area contributed by atoms with E-state index in [0.717, 1.165) is 12.8 Å². The highest BCUT2D eigenvalue weighted by molar-refractivity contribution is 5.74. The Morgan fingerprint density at radius 3 is 2.77 bits per heavy atom. The number of ether oxygens (including phenoxy) is 1. The zero-order valence-electron chi connectivity index (χ0n) is 8.06. The molecular weight excluding hydrogens is 168 g/mol. The van der Waals surface area contributed by atoms with E-state index in [0.29, 0.717) is 11.8 Å². The van der Waals surface area contributed by atoms with Gasteiger partial charge in [-0.15, -0.1) is 0 Å². The summed E-state index contributed by atoms with van der Waals surface area (Å²) in [7, 11) is 0. The Labute approximate surface area is 78.1 Å². The number of carbonyl (C=O) groups is 1. The van der Waals surface area contributed by atoms with Crippen LogP contribution in [0.1, 0.15) is 26.7 Å². The molecular formula is C10H16O3. The minimum absolute atomic E-state index is 0.0402. The average molecular weight is 184 g/mol. The van der Waals surface area contributed by atoms with Gasteiger partial charge in [0.15, 0.2) is 0 Å². The predicted octanol–water partition coefficient (Wildman–Crippen LogP) is 1.16. The van der Waals surface area contributed by atoms with Crippen molar-refractivity contribution in [3.63, 3.8) is 0 Å². The van der Waals surface area contributed by atoms with Crippen molar-refractivity contribution in [1.82, 2.24) is 0 Å². The van der Waals surface area contributed by atoms with Crippen LogP contribution in [-0.4, -0.2) is 17.4 Å². The number of aliphatic hydroxyl groups excluding tert-OH is 1. The van der Waals surface area contributed by atoms with Crippen molar-refractivity contribution >= 4 is 5.97 Å². The summed E-state index contributed by atoms with van der Waals surface area (Å²) in [4.78, 5) is 11.5. The molecule has 0 aromatic rings. The maximum atomic E-state index is 11.5. The highest BCUT2D eigenvalue weighted by atomic mass is 16.6. The number of hydrogen-bond donors (Lipinski definition) is 1. The number of fused-ring (bicyclic) bond motifs is 1. The zero-order chi connectivity index (χ0) is 9.59. The van der Waals surface area contributed by atoms with Crippen molar-refractivity contribution in [2.45, 2.75) is 33.0 Å². The molecule has 0 amide bonds. The Morgan fingerprint density at radius 1 is 1.38 bits per heavy atom.